The number of carbonyl (C=O) groups excluding carboxylic acids is 2. The lowest BCUT2D eigenvalue weighted by atomic mass is 10.2. The first kappa shape index (κ1) is 16.6. The van der Waals surface area contributed by atoms with E-state index in [0.29, 0.717) is 28.6 Å². The van der Waals surface area contributed by atoms with Crippen molar-refractivity contribution in [3.8, 4) is 5.75 Å². The number of hydrogen-bond donors (Lipinski definition) is 3. The van der Waals surface area contributed by atoms with Crippen LogP contribution in [-0.4, -0.2) is 18.5 Å². The third-order valence-corrected chi connectivity index (χ3v) is 3.07. The van der Waals surface area contributed by atoms with E-state index in [4.69, 9.17) is 16.3 Å². The number of halogens is 1. The Morgan fingerprint density at radius 2 is 1.65 bits per heavy atom. The number of anilines is 1. The quantitative estimate of drug-likeness (QED) is 0.752. The standard InChI is InChI=1S/C16H16ClN3O3/c1-2-23-14-9-3-11(4-10-14)15(21)19-20-16(22)18-13-7-5-12(17)6-8-13/h3-10H,2H2,1H3,(H,19,21)(H2,18,20,22). The average Bonchev–Trinajstić information content (AvgIpc) is 2.56. The summed E-state index contributed by atoms with van der Waals surface area (Å²) in [6, 6.07) is 12.6. The van der Waals surface area contributed by atoms with E-state index in [2.05, 4.69) is 16.2 Å². The molecule has 3 amide bonds. The van der Waals surface area contributed by atoms with Crippen molar-refractivity contribution in [2.75, 3.05) is 11.9 Å². The van der Waals surface area contributed by atoms with E-state index in [9.17, 15) is 9.59 Å². The molecule has 3 N–H and O–H groups in total. The van der Waals surface area contributed by atoms with E-state index >= 15 is 0 Å². The van der Waals surface area contributed by atoms with E-state index < -0.39 is 11.9 Å². The number of urea groups is 1. The molecule has 0 atom stereocenters. The molecule has 23 heavy (non-hydrogen) atoms. The molecule has 2 aromatic rings. The maximum atomic E-state index is 11.9. The molecule has 0 aliphatic carbocycles. The second-order valence-electron chi connectivity index (χ2n) is 4.50. The smallest absolute Gasteiger partial charge is 0.337 e. The Kier molecular flexibility index (Phi) is 5.82. The van der Waals surface area contributed by atoms with Crippen LogP contribution in [0.2, 0.25) is 5.02 Å². The van der Waals surface area contributed by atoms with Crippen LogP contribution in [0.3, 0.4) is 0 Å². The topological polar surface area (TPSA) is 79.5 Å². The Morgan fingerprint density at radius 3 is 2.26 bits per heavy atom. The summed E-state index contributed by atoms with van der Waals surface area (Å²) in [5.74, 6) is 0.247. The molecule has 120 valence electrons. The number of nitrogens with one attached hydrogen (secondary N) is 3. The van der Waals surface area contributed by atoms with E-state index in [1.807, 2.05) is 6.92 Å². The van der Waals surface area contributed by atoms with Crippen molar-refractivity contribution in [1.29, 1.82) is 0 Å². The maximum Gasteiger partial charge on any atom is 0.337 e. The molecule has 0 aromatic heterocycles. The predicted octanol–water partition coefficient (Wildman–Crippen LogP) is 3.21. The summed E-state index contributed by atoms with van der Waals surface area (Å²) < 4.78 is 5.29. The van der Waals surface area contributed by atoms with Crippen LogP contribution in [0.25, 0.3) is 0 Å². The van der Waals surface area contributed by atoms with Crippen LogP contribution in [-0.2, 0) is 0 Å². The predicted molar refractivity (Wildman–Crippen MR) is 88.7 cm³/mol. The minimum atomic E-state index is -0.563. The van der Waals surface area contributed by atoms with Crippen LogP contribution < -0.4 is 20.9 Å². The Morgan fingerprint density at radius 1 is 1.00 bits per heavy atom. The van der Waals surface area contributed by atoms with Crippen LogP contribution in [0.5, 0.6) is 5.75 Å². The van der Waals surface area contributed by atoms with Gasteiger partial charge in [-0.3, -0.25) is 10.2 Å². The molecule has 0 fully saturated rings. The lowest BCUT2D eigenvalue weighted by Gasteiger charge is -2.09. The highest BCUT2D eigenvalue weighted by atomic mass is 35.5. The van der Waals surface area contributed by atoms with Gasteiger partial charge in [-0.05, 0) is 55.5 Å². The maximum absolute atomic E-state index is 11.9. The first-order chi connectivity index (χ1) is 11.1. The Bertz CT molecular complexity index is 672. The fraction of sp³-hybridized carbons (Fsp3) is 0.125. The van der Waals surface area contributed by atoms with Crippen LogP contribution in [0.4, 0.5) is 10.5 Å². The van der Waals surface area contributed by atoms with E-state index in [1.165, 1.54) is 0 Å². The van der Waals surface area contributed by atoms with Gasteiger partial charge in [-0.15, -0.1) is 0 Å². The Balaban J connectivity index is 1.83. The van der Waals surface area contributed by atoms with Gasteiger partial charge in [0.05, 0.1) is 6.61 Å². The fourth-order valence-electron chi connectivity index (χ4n) is 1.75. The Hall–Kier alpha value is -2.73. The zero-order valence-electron chi connectivity index (χ0n) is 12.4. The molecule has 2 rings (SSSR count). The second-order valence-corrected chi connectivity index (χ2v) is 4.93. The van der Waals surface area contributed by atoms with E-state index in [-0.39, 0.29) is 0 Å². The highest BCUT2D eigenvalue weighted by Gasteiger charge is 2.07. The number of hydrazine groups is 1. The third-order valence-electron chi connectivity index (χ3n) is 2.82. The van der Waals surface area contributed by atoms with Gasteiger partial charge >= 0.3 is 6.03 Å². The third kappa shape index (κ3) is 5.19. The molecule has 6 nitrogen and oxygen atoms in total. The molecule has 0 saturated heterocycles. The summed E-state index contributed by atoms with van der Waals surface area (Å²) in [6.45, 7) is 2.43. The fourth-order valence-corrected chi connectivity index (χ4v) is 1.88. The molecular weight excluding hydrogens is 318 g/mol. The molecule has 2 aromatic carbocycles. The van der Waals surface area contributed by atoms with Gasteiger partial charge < -0.3 is 10.1 Å². The molecule has 7 heteroatoms. The SMILES string of the molecule is CCOc1ccc(C(=O)NNC(=O)Nc2ccc(Cl)cc2)cc1. The van der Waals surface area contributed by atoms with Gasteiger partial charge in [0.25, 0.3) is 5.91 Å². The molecule has 0 aliphatic heterocycles. The molecule has 0 spiro atoms. The number of carbonyl (C=O) groups is 2. The lowest BCUT2D eigenvalue weighted by Crippen LogP contribution is -2.43. The van der Waals surface area contributed by atoms with Gasteiger partial charge in [-0.1, -0.05) is 11.6 Å². The molecule has 0 unspecified atom stereocenters. The van der Waals surface area contributed by atoms with Crippen molar-refractivity contribution in [2.24, 2.45) is 0 Å². The van der Waals surface area contributed by atoms with Crippen molar-refractivity contribution in [3.05, 3.63) is 59.1 Å². The van der Waals surface area contributed by atoms with Gasteiger partial charge in [0.15, 0.2) is 0 Å². The van der Waals surface area contributed by atoms with E-state index in [0.717, 1.165) is 0 Å². The van der Waals surface area contributed by atoms with Gasteiger partial charge in [0.1, 0.15) is 5.75 Å². The van der Waals surface area contributed by atoms with Crippen molar-refractivity contribution in [1.82, 2.24) is 10.9 Å². The van der Waals surface area contributed by atoms with Crippen LogP contribution in [0.1, 0.15) is 17.3 Å². The largest absolute Gasteiger partial charge is 0.494 e. The van der Waals surface area contributed by atoms with Crippen molar-refractivity contribution >= 4 is 29.2 Å². The monoisotopic (exact) mass is 333 g/mol. The molecule has 0 saturated carbocycles. The number of ether oxygens (including phenoxy) is 1. The van der Waals surface area contributed by atoms with Gasteiger partial charge in [0, 0.05) is 16.3 Å². The first-order valence-electron chi connectivity index (χ1n) is 6.94. The molecule has 0 radical (unpaired) electrons. The van der Waals surface area contributed by atoms with Crippen molar-refractivity contribution in [3.63, 3.8) is 0 Å². The average molecular weight is 334 g/mol. The second kappa shape index (κ2) is 8.05. The number of hydrogen-bond acceptors (Lipinski definition) is 3. The van der Waals surface area contributed by atoms with Crippen LogP contribution in [0.15, 0.2) is 48.5 Å². The molecular formula is C16H16ClN3O3. The van der Waals surface area contributed by atoms with Gasteiger partial charge in [-0.25, -0.2) is 10.2 Å². The summed E-state index contributed by atoms with van der Waals surface area (Å²) in [6.07, 6.45) is 0. The summed E-state index contributed by atoms with van der Waals surface area (Å²) in [5.41, 5.74) is 5.54. The summed E-state index contributed by atoms with van der Waals surface area (Å²) >= 11 is 5.76. The normalized spacial score (nSPS) is 9.83. The molecule has 0 heterocycles. The van der Waals surface area contributed by atoms with E-state index in [1.54, 1.807) is 48.5 Å². The van der Waals surface area contributed by atoms with Gasteiger partial charge in [-0.2, -0.15) is 0 Å². The lowest BCUT2D eigenvalue weighted by molar-refractivity contribution is 0.0938. The number of amides is 3. The summed E-state index contributed by atoms with van der Waals surface area (Å²) in [5, 5.41) is 3.13. The number of rotatable bonds is 4. The first-order valence-corrected chi connectivity index (χ1v) is 7.32. The zero-order valence-corrected chi connectivity index (χ0v) is 13.2. The highest BCUT2D eigenvalue weighted by Crippen LogP contribution is 2.13. The number of benzene rings is 2. The Labute approximate surface area is 138 Å². The summed E-state index contributed by atoms with van der Waals surface area (Å²) in [7, 11) is 0. The summed E-state index contributed by atoms with van der Waals surface area (Å²) in [4.78, 5) is 23.6. The van der Waals surface area contributed by atoms with Crippen LogP contribution >= 0.6 is 11.6 Å². The van der Waals surface area contributed by atoms with Crippen molar-refractivity contribution in [2.45, 2.75) is 6.92 Å². The van der Waals surface area contributed by atoms with Gasteiger partial charge in [0.2, 0.25) is 0 Å². The molecule has 0 aliphatic rings. The van der Waals surface area contributed by atoms with Crippen LogP contribution in [0, 0.1) is 0 Å². The van der Waals surface area contributed by atoms with Crippen molar-refractivity contribution < 1.29 is 14.3 Å². The zero-order chi connectivity index (χ0) is 16.7. The highest BCUT2D eigenvalue weighted by molar-refractivity contribution is 6.30. The minimum absolute atomic E-state index is 0.403. The molecule has 0 bridgehead atoms. The minimum Gasteiger partial charge on any atom is -0.494 e.